The molecule has 1 rings (SSSR count). The maximum atomic E-state index is 12.1. The van der Waals surface area contributed by atoms with E-state index in [1.807, 2.05) is 0 Å². The van der Waals surface area contributed by atoms with Gasteiger partial charge in [0.15, 0.2) is 0 Å². The molecule has 0 amide bonds. The quantitative estimate of drug-likeness (QED) is 0.664. The second-order valence-corrected chi connectivity index (χ2v) is 6.26. The molecule has 0 aromatic rings. The molecule has 0 N–H and O–H groups in total. The molecule has 0 bridgehead atoms. The minimum Gasteiger partial charge on any atom is -0.298 e. The Balaban J connectivity index is 2.76. The number of hydrogen-bond donors (Lipinski definition) is 0. The molecule has 0 spiro atoms. The Labute approximate surface area is 94.0 Å². The first-order valence-corrected chi connectivity index (χ1v) is 6.01. The van der Waals surface area contributed by atoms with Gasteiger partial charge in [-0.2, -0.15) is 0 Å². The Morgan fingerprint density at radius 3 is 2.20 bits per heavy atom. The van der Waals surface area contributed by atoms with E-state index in [9.17, 15) is 4.79 Å². The summed E-state index contributed by atoms with van der Waals surface area (Å²) in [6.07, 6.45) is 0. The summed E-state index contributed by atoms with van der Waals surface area (Å²) >= 11 is 0. The molecule has 1 aliphatic rings. The molecule has 0 aromatic heterocycles. The average molecular weight is 211 g/mol. The van der Waals surface area contributed by atoms with Gasteiger partial charge in [0.05, 0.1) is 6.54 Å². The number of hydrogen-bond acceptors (Lipinski definition) is 2. The zero-order chi connectivity index (χ0) is 11.8. The van der Waals surface area contributed by atoms with Crippen molar-refractivity contribution in [2.75, 3.05) is 13.1 Å². The fourth-order valence-corrected chi connectivity index (χ4v) is 2.68. The van der Waals surface area contributed by atoms with Gasteiger partial charge in [-0.05, 0) is 32.6 Å². The van der Waals surface area contributed by atoms with Crippen LogP contribution in [0.25, 0.3) is 0 Å². The third-order valence-electron chi connectivity index (χ3n) is 3.51. The lowest BCUT2D eigenvalue weighted by Gasteiger charge is -2.44. The number of nitrogens with zero attached hydrogens (tertiary/aromatic N) is 1. The Bertz CT molecular complexity index is 239. The second kappa shape index (κ2) is 4.25. The zero-order valence-corrected chi connectivity index (χ0v) is 11.0. The van der Waals surface area contributed by atoms with Gasteiger partial charge < -0.3 is 0 Å². The molecule has 1 heterocycles. The van der Waals surface area contributed by atoms with E-state index in [0.29, 0.717) is 24.2 Å². The van der Waals surface area contributed by atoms with Crippen LogP contribution in [0.3, 0.4) is 0 Å². The van der Waals surface area contributed by atoms with Crippen LogP contribution in [0.5, 0.6) is 0 Å². The van der Waals surface area contributed by atoms with E-state index in [0.717, 1.165) is 6.54 Å². The summed E-state index contributed by atoms with van der Waals surface area (Å²) in [6, 6.07) is 0. The van der Waals surface area contributed by atoms with Crippen molar-refractivity contribution in [1.82, 2.24) is 4.90 Å². The molecule has 88 valence electrons. The minimum absolute atomic E-state index is 0.117. The van der Waals surface area contributed by atoms with Crippen molar-refractivity contribution in [3.05, 3.63) is 0 Å². The van der Waals surface area contributed by atoms with Crippen LogP contribution in [0.2, 0.25) is 0 Å². The van der Waals surface area contributed by atoms with Gasteiger partial charge in [-0.15, -0.1) is 0 Å². The number of ketones is 1. The van der Waals surface area contributed by atoms with E-state index in [4.69, 9.17) is 0 Å². The first kappa shape index (κ1) is 12.7. The molecule has 0 unspecified atom stereocenters. The predicted octanol–water partition coefficient (Wildman–Crippen LogP) is 2.58. The second-order valence-electron chi connectivity index (χ2n) is 6.26. The summed E-state index contributed by atoms with van der Waals surface area (Å²) in [5, 5.41) is 0. The molecule has 1 fully saturated rings. The van der Waals surface area contributed by atoms with Crippen molar-refractivity contribution in [3.8, 4) is 0 Å². The standard InChI is InChI=1S/C13H25NO/c1-9(2)12-10(3)7-14(8-11(12)15)13(4,5)6/h9-10,12H,7-8H2,1-6H3/t10-,12-/m1/s1. The van der Waals surface area contributed by atoms with Gasteiger partial charge in [-0.25, -0.2) is 0 Å². The van der Waals surface area contributed by atoms with Gasteiger partial charge in [-0.1, -0.05) is 20.8 Å². The molecule has 2 atom stereocenters. The van der Waals surface area contributed by atoms with Crippen LogP contribution in [0, 0.1) is 17.8 Å². The van der Waals surface area contributed by atoms with Crippen molar-refractivity contribution in [3.63, 3.8) is 0 Å². The van der Waals surface area contributed by atoms with Crippen LogP contribution >= 0.6 is 0 Å². The van der Waals surface area contributed by atoms with Crippen LogP contribution in [0.15, 0.2) is 0 Å². The summed E-state index contributed by atoms with van der Waals surface area (Å²) < 4.78 is 0. The van der Waals surface area contributed by atoms with E-state index in [2.05, 4.69) is 46.4 Å². The molecule has 2 heteroatoms. The lowest BCUT2D eigenvalue weighted by Crippen LogP contribution is -2.54. The fourth-order valence-electron chi connectivity index (χ4n) is 2.68. The van der Waals surface area contributed by atoms with E-state index in [1.165, 1.54) is 0 Å². The van der Waals surface area contributed by atoms with Gasteiger partial charge >= 0.3 is 0 Å². The van der Waals surface area contributed by atoms with Crippen LogP contribution < -0.4 is 0 Å². The summed E-state index contributed by atoms with van der Waals surface area (Å²) in [4.78, 5) is 14.4. The van der Waals surface area contributed by atoms with Crippen molar-refractivity contribution >= 4 is 5.78 Å². The van der Waals surface area contributed by atoms with Crippen LogP contribution in [-0.4, -0.2) is 29.3 Å². The van der Waals surface area contributed by atoms with Gasteiger partial charge in [-0.3, -0.25) is 9.69 Å². The number of Topliss-reactive ketones (excluding diaryl/α,β-unsaturated/α-hetero) is 1. The molecule has 0 aliphatic carbocycles. The maximum Gasteiger partial charge on any atom is 0.150 e. The molecule has 15 heavy (non-hydrogen) atoms. The highest BCUT2D eigenvalue weighted by molar-refractivity contribution is 5.84. The van der Waals surface area contributed by atoms with Crippen molar-refractivity contribution in [1.29, 1.82) is 0 Å². The van der Waals surface area contributed by atoms with Gasteiger partial charge in [0.1, 0.15) is 5.78 Å². The first-order valence-electron chi connectivity index (χ1n) is 6.01. The molecule has 1 aliphatic heterocycles. The summed E-state index contributed by atoms with van der Waals surface area (Å²) in [6.45, 7) is 14.8. The zero-order valence-electron chi connectivity index (χ0n) is 11.0. The fraction of sp³-hybridized carbons (Fsp3) is 0.923. The Kier molecular flexibility index (Phi) is 3.59. The van der Waals surface area contributed by atoms with Crippen LogP contribution in [-0.2, 0) is 4.79 Å². The first-order chi connectivity index (χ1) is 6.73. The third-order valence-corrected chi connectivity index (χ3v) is 3.51. The van der Waals surface area contributed by atoms with Crippen LogP contribution in [0.1, 0.15) is 41.5 Å². The SMILES string of the molecule is CC(C)[C@H]1C(=O)CN(C(C)(C)C)C[C@H]1C. The highest BCUT2D eigenvalue weighted by Gasteiger charge is 2.38. The average Bonchev–Trinajstić information content (AvgIpc) is 1.99. The van der Waals surface area contributed by atoms with E-state index in [-0.39, 0.29) is 11.5 Å². The van der Waals surface area contributed by atoms with Crippen molar-refractivity contribution < 1.29 is 4.79 Å². The van der Waals surface area contributed by atoms with E-state index in [1.54, 1.807) is 0 Å². The van der Waals surface area contributed by atoms with Gasteiger partial charge in [0.2, 0.25) is 0 Å². The number of carbonyl (C=O) groups is 1. The lowest BCUT2D eigenvalue weighted by atomic mass is 9.77. The molecule has 0 radical (unpaired) electrons. The third kappa shape index (κ3) is 2.81. The largest absolute Gasteiger partial charge is 0.298 e. The normalized spacial score (nSPS) is 29.9. The Morgan fingerprint density at radius 2 is 1.87 bits per heavy atom. The molecule has 0 saturated carbocycles. The van der Waals surface area contributed by atoms with Crippen LogP contribution in [0.4, 0.5) is 0 Å². The maximum absolute atomic E-state index is 12.1. The lowest BCUT2D eigenvalue weighted by molar-refractivity contribution is -0.133. The molecule has 0 aromatic carbocycles. The Morgan fingerprint density at radius 1 is 1.33 bits per heavy atom. The Hall–Kier alpha value is -0.370. The molecule has 2 nitrogen and oxygen atoms in total. The number of carbonyl (C=O) groups excluding carboxylic acids is 1. The predicted molar refractivity (Wildman–Crippen MR) is 63.8 cm³/mol. The van der Waals surface area contributed by atoms with Gasteiger partial charge in [0.25, 0.3) is 0 Å². The van der Waals surface area contributed by atoms with E-state index < -0.39 is 0 Å². The summed E-state index contributed by atoms with van der Waals surface area (Å²) in [5.74, 6) is 1.67. The summed E-state index contributed by atoms with van der Waals surface area (Å²) in [7, 11) is 0. The molecule has 1 saturated heterocycles. The number of likely N-dealkylation sites (tertiary alicyclic amines) is 1. The highest BCUT2D eigenvalue weighted by Crippen LogP contribution is 2.30. The minimum atomic E-state index is 0.117. The monoisotopic (exact) mass is 211 g/mol. The molecular weight excluding hydrogens is 186 g/mol. The topological polar surface area (TPSA) is 20.3 Å². The van der Waals surface area contributed by atoms with E-state index >= 15 is 0 Å². The van der Waals surface area contributed by atoms with Gasteiger partial charge in [0, 0.05) is 18.0 Å². The highest BCUT2D eigenvalue weighted by atomic mass is 16.1. The summed E-state index contributed by atoms with van der Waals surface area (Å²) in [5.41, 5.74) is 0.117. The van der Waals surface area contributed by atoms with Crippen molar-refractivity contribution in [2.45, 2.75) is 47.1 Å². The molecular formula is C13H25NO. The van der Waals surface area contributed by atoms with Crippen molar-refractivity contribution in [2.24, 2.45) is 17.8 Å². The number of rotatable bonds is 1. The smallest absolute Gasteiger partial charge is 0.150 e. The number of piperidine rings is 1.